The highest BCUT2D eigenvalue weighted by Crippen LogP contribution is 2.10. The van der Waals surface area contributed by atoms with Crippen molar-refractivity contribution in [3.63, 3.8) is 0 Å². The summed E-state index contributed by atoms with van der Waals surface area (Å²) in [7, 11) is 0. The van der Waals surface area contributed by atoms with Crippen molar-refractivity contribution in [1.29, 1.82) is 5.26 Å². The van der Waals surface area contributed by atoms with Crippen LogP contribution >= 0.6 is 0 Å². The molecule has 1 aromatic rings. The summed E-state index contributed by atoms with van der Waals surface area (Å²) >= 11 is 0. The Morgan fingerprint density at radius 3 is 2.64 bits per heavy atom. The average Bonchev–Trinajstić information content (AvgIpc) is 2.30. The second-order valence-corrected chi connectivity index (χ2v) is 2.83. The highest BCUT2D eigenvalue weighted by Gasteiger charge is 2.07. The predicted molar refractivity (Wildman–Crippen MR) is 42.1 cm³/mol. The molecule has 1 heterocycles. The highest BCUT2D eigenvalue weighted by molar-refractivity contribution is 5.28. The van der Waals surface area contributed by atoms with Crippen LogP contribution in [0.15, 0.2) is 6.20 Å². The van der Waals surface area contributed by atoms with Crippen LogP contribution in [0.1, 0.15) is 31.1 Å². The molecule has 0 radical (unpaired) electrons. The van der Waals surface area contributed by atoms with Crippen LogP contribution in [0.3, 0.4) is 0 Å². The van der Waals surface area contributed by atoms with Crippen LogP contribution in [0.4, 0.5) is 0 Å². The van der Waals surface area contributed by atoms with Gasteiger partial charge in [-0.3, -0.25) is 4.68 Å². The third kappa shape index (κ3) is 1.25. The van der Waals surface area contributed by atoms with Crippen molar-refractivity contribution in [2.75, 3.05) is 0 Å². The van der Waals surface area contributed by atoms with Crippen molar-refractivity contribution < 1.29 is 0 Å². The predicted octanol–water partition coefficient (Wildman–Crippen LogP) is 1.64. The van der Waals surface area contributed by atoms with Gasteiger partial charge in [-0.25, -0.2) is 0 Å². The van der Waals surface area contributed by atoms with Gasteiger partial charge < -0.3 is 0 Å². The summed E-state index contributed by atoms with van der Waals surface area (Å²) in [6, 6.07) is 2.39. The molecule has 1 aromatic heterocycles. The lowest BCUT2D eigenvalue weighted by atomic mass is 10.3. The molecule has 0 aliphatic carbocycles. The number of hydrogen-bond acceptors (Lipinski definition) is 2. The van der Waals surface area contributed by atoms with Crippen LogP contribution in [0.5, 0.6) is 0 Å². The Bertz CT molecular complexity index is 291. The molecule has 3 nitrogen and oxygen atoms in total. The van der Waals surface area contributed by atoms with Crippen molar-refractivity contribution >= 4 is 0 Å². The zero-order valence-corrected chi connectivity index (χ0v) is 7.00. The van der Waals surface area contributed by atoms with Crippen molar-refractivity contribution in [2.24, 2.45) is 0 Å². The first kappa shape index (κ1) is 7.80. The van der Waals surface area contributed by atoms with Crippen LogP contribution in [-0.4, -0.2) is 9.78 Å². The standard InChI is InChI=1S/C8H11N3/c1-6(2)11-8(4-9)7(3)5-10-11/h5-6H,1-3H3. The molecule has 0 spiro atoms. The molecule has 0 aromatic carbocycles. The molecule has 0 N–H and O–H groups in total. The molecule has 0 unspecified atom stereocenters. The van der Waals surface area contributed by atoms with Gasteiger partial charge in [-0.1, -0.05) is 0 Å². The maximum atomic E-state index is 8.73. The zero-order valence-electron chi connectivity index (χ0n) is 7.00. The van der Waals surface area contributed by atoms with E-state index in [1.54, 1.807) is 10.9 Å². The van der Waals surface area contributed by atoms with Gasteiger partial charge >= 0.3 is 0 Å². The number of nitriles is 1. The second kappa shape index (κ2) is 2.75. The molecular formula is C8H11N3. The summed E-state index contributed by atoms with van der Waals surface area (Å²) in [5, 5.41) is 12.8. The summed E-state index contributed by atoms with van der Waals surface area (Å²) in [6.45, 7) is 5.91. The van der Waals surface area contributed by atoms with Crippen molar-refractivity contribution in [1.82, 2.24) is 9.78 Å². The zero-order chi connectivity index (χ0) is 8.43. The Balaban J connectivity index is 3.19. The van der Waals surface area contributed by atoms with E-state index in [2.05, 4.69) is 11.2 Å². The quantitative estimate of drug-likeness (QED) is 0.609. The van der Waals surface area contributed by atoms with Gasteiger partial charge in [0.1, 0.15) is 11.8 Å². The fourth-order valence-corrected chi connectivity index (χ4v) is 0.979. The molecule has 0 atom stereocenters. The summed E-state index contributed by atoms with van der Waals surface area (Å²) in [6.07, 6.45) is 1.72. The first-order valence-electron chi connectivity index (χ1n) is 3.61. The van der Waals surface area contributed by atoms with Crippen LogP contribution < -0.4 is 0 Å². The summed E-state index contributed by atoms with van der Waals surface area (Å²) in [5.41, 5.74) is 1.61. The minimum Gasteiger partial charge on any atom is -0.252 e. The van der Waals surface area contributed by atoms with Crippen LogP contribution in [0.25, 0.3) is 0 Å². The minimum atomic E-state index is 0.262. The third-order valence-electron chi connectivity index (χ3n) is 1.57. The Labute approximate surface area is 66.3 Å². The van der Waals surface area contributed by atoms with E-state index < -0.39 is 0 Å². The molecule has 3 heteroatoms. The first-order chi connectivity index (χ1) is 5.16. The molecule has 0 fully saturated rings. The second-order valence-electron chi connectivity index (χ2n) is 2.83. The highest BCUT2D eigenvalue weighted by atomic mass is 15.3. The topological polar surface area (TPSA) is 41.6 Å². The SMILES string of the molecule is Cc1cnn(C(C)C)c1C#N. The van der Waals surface area contributed by atoms with Gasteiger partial charge in [-0.15, -0.1) is 0 Å². The van der Waals surface area contributed by atoms with E-state index >= 15 is 0 Å². The normalized spacial score (nSPS) is 10.1. The summed E-state index contributed by atoms with van der Waals surface area (Å²) in [4.78, 5) is 0. The van der Waals surface area contributed by atoms with E-state index in [0.29, 0.717) is 5.69 Å². The molecule has 58 valence electrons. The lowest BCUT2D eigenvalue weighted by Crippen LogP contribution is -2.05. The molecule has 0 aliphatic rings. The lowest BCUT2D eigenvalue weighted by Gasteiger charge is -2.05. The van der Waals surface area contributed by atoms with Crippen LogP contribution in [0.2, 0.25) is 0 Å². The number of rotatable bonds is 1. The van der Waals surface area contributed by atoms with Gasteiger partial charge in [-0.05, 0) is 20.8 Å². The molecule has 0 amide bonds. The van der Waals surface area contributed by atoms with E-state index in [0.717, 1.165) is 5.56 Å². The number of nitrogens with zero attached hydrogens (tertiary/aromatic N) is 3. The maximum absolute atomic E-state index is 8.73. The Kier molecular flexibility index (Phi) is 1.95. The van der Waals surface area contributed by atoms with Crippen LogP contribution in [-0.2, 0) is 0 Å². The largest absolute Gasteiger partial charge is 0.252 e. The van der Waals surface area contributed by atoms with Gasteiger partial charge in [0.05, 0.1) is 6.20 Å². The molecule has 1 rings (SSSR count). The van der Waals surface area contributed by atoms with E-state index in [4.69, 9.17) is 5.26 Å². The average molecular weight is 149 g/mol. The maximum Gasteiger partial charge on any atom is 0.141 e. The van der Waals surface area contributed by atoms with Gasteiger partial charge in [-0.2, -0.15) is 10.4 Å². The first-order valence-corrected chi connectivity index (χ1v) is 3.61. The molecule has 0 saturated heterocycles. The van der Waals surface area contributed by atoms with Crippen molar-refractivity contribution in [3.05, 3.63) is 17.5 Å². The van der Waals surface area contributed by atoms with E-state index in [1.807, 2.05) is 20.8 Å². The molecule has 0 bridgehead atoms. The summed E-state index contributed by atoms with van der Waals surface area (Å²) < 4.78 is 1.73. The number of aromatic nitrogens is 2. The fourth-order valence-electron chi connectivity index (χ4n) is 0.979. The number of aryl methyl sites for hydroxylation is 1. The fraction of sp³-hybridized carbons (Fsp3) is 0.500. The number of hydrogen-bond donors (Lipinski definition) is 0. The van der Waals surface area contributed by atoms with Gasteiger partial charge in [0.2, 0.25) is 0 Å². The van der Waals surface area contributed by atoms with Crippen LogP contribution in [0, 0.1) is 18.3 Å². The molecular weight excluding hydrogens is 138 g/mol. The van der Waals surface area contributed by atoms with Gasteiger partial charge in [0.15, 0.2) is 0 Å². The van der Waals surface area contributed by atoms with E-state index in [1.165, 1.54) is 0 Å². The Morgan fingerprint density at radius 1 is 1.64 bits per heavy atom. The minimum absolute atomic E-state index is 0.262. The van der Waals surface area contributed by atoms with Crippen molar-refractivity contribution in [3.8, 4) is 6.07 Å². The van der Waals surface area contributed by atoms with E-state index in [-0.39, 0.29) is 6.04 Å². The monoisotopic (exact) mass is 149 g/mol. The Hall–Kier alpha value is -1.30. The Morgan fingerprint density at radius 2 is 2.27 bits per heavy atom. The molecule has 0 aliphatic heterocycles. The summed E-state index contributed by atoms with van der Waals surface area (Å²) in [5.74, 6) is 0. The molecule has 0 saturated carbocycles. The third-order valence-corrected chi connectivity index (χ3v) is 1.57. The van der Waals surface area contributed by atoms with Crippen molar-refractivity contribution in [2.45, 2.75) is 26.8 Å². The lowest BCUT2D eigenvalue weighted by molar-refractivity contribution is 0.526. The van der Waals surface area contributed by atoms with Gasteiger partial charge in [0.25, 0.3) is 0 Å². The van der Waals surface area contributed by atoms with E-state index in [9.17, 15) is 0 Å². The molecule has 11 heavy (non-hydrogen) atoms. The smallest absolute Gasteiger partial charge is 0.141 e. The van der Waals surface area contributed by atoms with Gasteiger partial charge in [0, 0.05) is 11.6 Å².